The molecule has 0 atom stereocenters. The highest BCUT2D eigenvalue weighted by atomic mass is 32.1. The molecule has 1 aromatic heterocycles. The van der Waals surface area contributed by atoms with Gasteiger partial charge in [-0.2, -0.15) is 0 Å². The molecule has 1 spiro atoms. The number of rotatable bonds is 6. The first-order valence-electron chi connectivity index (χ1n) is 9.62. The summed E-state index contributed by atoms with van der Waals surface area (Å²) in [4.78, 5) is 42.4. The van der Waals surface area contributed by atoms with Gasteiger partial charge in [-0.3, -0.25) is 14.5 Å². The maximum Gasteiger partial charge on any atom is 0.325 e. The monoisotopic (exact) mass is 416 g/mol. The molecule has 2 aromatic rings. The van der Waals surface area contributed by atoms with Crippen molar-refractivity contribution in [1.82, 2.24) is 15.2 Å². The zero-order valence-electron chi connectivity index (χ0n) is 15.7. The summed E-state index contributed by atoms with van der Waals surface area (Å²) in [6.45, 7) is 0.215. The molecular formula is C20H21FN4O3S. The van der Waals surface area contributed by atoms with Gasteiger partial charge in [-0.25, -0.2) is 14.2 Å². The number of anilines is 1. The van der Waals surface area contributed by atoms with Gasteiger partial charge in [-0.05, 0) is 31.4 Å². The fourth-order valence-electron chi connectivity index (χ4n) is 3.89. The molecule has 29 heavy (non-hydrogen) atoms. The van der Waals surface area contributed by atoms with Crippen LogP contribution in [0.3, 0.4) is 0 Å². The quantitative estimate of drug-likeness (QED) is 0.705. The molecule has 4 rings (SSSR count). The Morgan fingerprint density at radius 2 is 2.10 bits per heavy atom. The maximum absolute atomic E-state index is 13.3. The van der Waals surface area contributed by atoms with Crippen LogP contribution in [0.15, 0.2) is 29.6 Å². The van der Waals surface area contributed by atoms with Crippen LogP contribution in [0.1, 0.15) is 38.5 Å². The lowest BCUT2D eigenvalue weighted by atomic mass is 9.98. The first-order chi connectivity index (χ1) is 14.0. The van der Waals surface area contributed by atoms with E-state index in [2.05, 4.69) is 15.6 Å². The van der Waals surface area contributed by atoms with Crippen molar-refractivity contribution in [3.8, 4) is 11.3 Å². The minimum atomic E-state index is -0.715. The van der Waals surface area contributed by atoms with Gasteiger partial charge in [0.05, 0.1) is 5.69 Å². The molecule has 0 bridgehead atoms. The van der Waals surface area contributed by atoms with Gasteiger partial charge in [0.1, 0.15) is 11.4 Å². The Kier molecular flexibility index (Phi) is 5.31. The normalized spacial score (nSPS) is 17.8. The number of halogens is 1. The van der Waals surface area contributed by atoms with E-state index < -0.39 is 5.54 Å². The molecule has 0 unspecified atom stereocenters. The van der Waals surface area contributed by atoms with Crippen LogP contribution in [0, 0.1) is 5.82 Å². The van der Waals surface area contributed by atoms with Crippen molar-refractivity contribution in [1.29, 1.82) is 0 Å². The van der Waals surface area contributed by atoms with Crippen LogP contribution in [-0.2, 0) is 9.59 Å². The summed E-state index contributed by atoms with van der Waals surface area (Å²) >= 11 is 1.26. The van der Waals surface area contributed by atoms with Gasteiger partial charge < -0.3 is 10.6 Å². The fourth-order valence-corrected chi connectivity index (χ4v) is 4.62. The molecule has 4 amide bonds. The van der Waals surface area contributed by atoms with Crippen molar-refractivity contribution >= 4 is 34.3 Å². The van der Waals surface area contributed by atoms with Gasteiger partial charge in [0, 0.05) is 23.9 Å². The van der Waals surface area contributed by atoms with Crippen LogP contribution in [0.4, 0.5) is 14.3 Å². The van der Waals surface area contributed by atoms with Crippen molar-refractivity contribution in [2.75, 3.05) is 11.9 Å². The Hall–Kier alpha value is -2.81. The van der Waals surface area contributed by atoms with E-state index >= 15 is 0 Å². The Morgan fingerprint density at radius 3 is 2.86 bits per heavy atom. The number of nitrogens with one attached hydrogen (secondary N) is 2. The van der Waals surface area contributed by atoms with Gasteiger partial charge in [-0.15, -0.1) is 11.3 Å². The smallest absolute Gasteiger partial charge is 0.323 e. The third-order valence-electron chi connectivity index (χ3n) is 5.36. The van der Waals surface area contributed by atoms with Gasteiger partial charge in [0.2, 0.25) is 5.91 Å². The Labute approximate surface area is 171 Å². The molecule has 2 heterocycles. The first kappa shape index (κ1) is 19.5. The second-order valence-electron chi connectivity index (χ2n) is 7.38. The lowest BCUT2D eigenvalue weighted by Gasteiger charge is -2.19. The maximum atomic E-state index is 13.3. The van der Waals surface area contributed by atoms with Crippen LogP contribution >= 0.6 is 11.3 Å². The number of amides is 4. The average Bonchev–Trinajstić information content (AvgIpc) is 3.39. The number of thiazole rings is 1. The van der Waals surface area contributed by atoms with E-state index in [1.165, 1.54) is 28.4 Å². The second-order valence-corrected chi connectivity index (χ2v) is 8.23. The zero-order valence-corrected chi connectivity index (χ0v) is 16.6. The number of imide groups is 1. The number of carbonyl (C=O) groups excluding carboxylic acids is 3. The lowest BCUT2D eigenvalue weighted by Crippen LogP contribution is -2.44. The molecule has 2 aliphatic rings. The number of benzene rings is 1. The van der Waals surface area contributed by atoms with Crippen LogP contribution < -0.4 is 10.6 Å². The predicted molar refractivity (Wildman–Crippen MR) is 107 cm³/mol. The van der Waals surface area contributed by atoms with Crippen LogP contribution in [0.25, 0.3) is 11.3 Å². The summed E-state index contributed by atoms with van der Waals surface area (Å²) in [5.74, 6) is -0.756. The van der Waals surface area contributed by atoms with E-state index in [1.54, 1.807) is 17.5 Å². The highest BCUT2D eigenvalue weighted by molar-refractivity contribution is 7.14. The third kappa shape index (κ3) is 4.00. The lowest BCUT2D eigenvalue weighted by molar-refractivity contribution is -0.131. The van der Waals surface area contributed by atoms with Gasteiger partial charge in [0.25, 0.3) is 5.91 Å². The van der Waals surface area contributed by atoms with E-state index in [1.807, 2.05) is 0 Å². The minimum Gasteiger partial charge on any atom is -0.323 e. The van der Waals surface area contributed by atoms with E-state index in [-0.39, 0.29) is 36.6 Å². The first-order valence-corrected chi connectivity index (χ1v) is 10.5. The van der Waals surface area contributed by atoms with Crippen LogP contribution in [0.5, 0.6) is 0 Å². The fraction of sp³-hybridized carbons (Fsp3) is 0.400. The largest absolute Gasteiger partial charge is 0.325 e. The number of aromatic nitrogens is 1. The Bertz CT molecular complexity index is 955. The van der Waals surface area contributed by atoms with E-state index in [4.69, 9.17) is 0 Å². The summed E-state index contributed by atoms with van der Waals surface area (Å²) in [7, 11) is 0. The van der Waals surface area contributed by atoms with Crippen molar-refractivity contribution in [2.24, 2.45) is 0 Å². The van der Waals surface area contributed by atoms with Crippen molar-refractivity contribution in [2.45, 2.75) is 44.1 Å². The third-order valence-corrected chi connectivity index (χ3v) is 6.12. The summed E-state index contributed by atoms with van der Waals surface area (Å²) in [5, 5.41) is 7.72. The highest BCUT2D eigenvalue weighted by Crippen LogP contribution is 2.35. The Morgan fingerprint density at radius 1 is 1.31 bits per heavy atom. The molecule has 1 saturated heterocycles. The van der Waals surface area contributed by atoms with Crippen molar-refractivity contribution < 1.29 is 18.8 Å². The summed E-state index contributed by atoms with van der Waals surface area (Å²) in [6.07, 6.45) is 3.79. The standard InChI is InChI=1S/C20H21FN4O3S/c21-14-6-3-5-13(11-14)15-12-29-18(22-15)23-16(26)7-4-10-25-17(27)20(24-19(25)28)8-1-2-9-20/h3,5-6,11-12H,1-2,4,7-10H2,(H,24,28)(H,22,23,26). The molecule has 2 N–H and O–H groups in total. The SMILES string of the molecule is O=C(CCCN1C(=O)NC2(CCCC2)C1=O)Nc1nc(-c2cccc(F)c2)cs1. The topological polar surface area (TPSA) is 91.4 Å². The Balaban J connectivity index is 1.28. The molecule has 1 aliphatic heterocycles. The molecule has 9 heteroatoms. The number of carbonyl (C=O) groups is 3. The summed E-state index contributed by atoms with van der Waals surface area (Å²) in [6, 6.07) is 5.73. The molecule has 152 valence electrons. The molecule has 1 aromatic carbocycles. The van der Waals surface area contributed by atoms with E-state index in [0.29, 0.717) is 35.7 Å². The van der Waals surface area contributed by atoms with Crippen LogP contribution in [0.2, 0.25) is 0 Å². The number of urea groups is 1. The molecular weight excluding hydrogens is 395 g/mol. The summed E-state index contributed by atoms with van der Waals surface area (Å²) < 4.78 is 13.3. The zero-order chi connectivity index (χ0) is 20.4. The highest BCUT2D eigenvalue weighted by Gasteiger charge is 2.52. The minimum absolute atomic E-state index is 0.166. The van der Waals surface area contributed by atoms with E-state index in [9.17, 15) is 18.8 Å². The second kappa shape index (κ2) is 7.90. The molecule has 2 fully saturated rings. The number of hydrogen-bond acceptors (Lipinski definition) is 5. The van der Waals surface area contributed by atoms with Crippen molar-refractivity contribution in [3.05, 3.63) is 35.5 Å². The predicted octanol–water partition coefficient (Wildman–Crippen LogP) is 3.53. The molecule has 0 radical (unpaired) electrons. The van der Waals surface area contributed by atoms with Gasteiger partial charge in [0.15, 0.2) is 5.13 Å². The van der Waals surface area contributed by atoms with Gasteiger partial charge in [-0.1, -0.05) is 25.0 Å². The molecule has 1 saturated carbocycles. The van der Waals surface area contributed by atoms with Crippen molar-refractivity contribution in [3.63, 3.8) is 0 Å². The van der Waals surface area contributed by atoms with Crippen LogP contribution in [-0.4, -0.2) is 39.8 Å². The summed E-state index contributed by atoms with van der Waals surface area (Å²) in [5.41, 5.74) is 0.514. The number of nitrogens with zero attached hydrogens (tertiary/aromatic N) is 2. The molecule has 1 aliphatic carbocycles. The molecule has 7 nitrogen and oxygen atoms in total. The van der Waals surface area contributed by atoms with E-state index in [0.717, 1.165) is 12.8 Å². The number of hydrogen-bond donors (Lipinski definition) is 2. The van der Waals surface area contributed by atoms with Gasteiger partial charge >= 0.3 is 6.03 Å². The average molecular weight is 416 g/mol.